The van der Waals surface area contributed by atoms with Crippen LogP contribution in [-0.2, 0) is 5.75 Å². The molecule has 2 heterocycles. The average Bonchev–Trinajstić information content (AvgIpc) is 2.78. The number of nitrogens with one attached hydrogen (secondary N) is 2. The molecule has 0 aromatic heterocycles. The molecule has 0 unspecified atom stereocenters. The van der Waals surface area contributed by atoms with Crippen LogP contribution < -0.4 is 9.80 Å². The number of hydrogen-bond donors (Lipinski definition) is 2. The van der Waals surface area contributed by atoms with Gasteiger partial charge in [-0.15, -0.1) is 11.8 Å². The summed E-state index contributed by atoms with van der Waals surface area (Å²) < 4.78 is 0. The van der Waals surface area contributed by atoms with Gasteiger partial charge in [0.05, 0.1) is 13.6 Å². The van der Waals surface area contributed by atoms with Crippen molar-refractivity contribution in [3.8, 4) is 0 Å². The van der Waals surface area contributed by atoms with Gasteiger partial charge in [-0.05, 0) is 46.5 Å². The highest BCUT2D eigenvalue weighted by atomic mass is 35.5. The minimum Gasteiger partial charge on any atom is -0.328 e. The lowest BCUT2D eigenvalue weighted by Gasteiger charge is -2.26. The molecule has 2 aliphatic heterocycles. The van der Waals surface area contributed by atoms with E-state index in [0.717, 1.165) is 17.3 Å². The summed E-state index contributed by atoms with van der Waals surface area (Å²) in [5.41, 5.74) is 5.44. The summed E-state index contributed by atoms with van der Waals surface area (Å²) >= 11 is 8.26. The molecule has 0 aliphatic carbocycles. The monoisotopic (exact) mass is 372 g/mol. The van der Waals surface area contributed by atoms with Crippen LogP contribution in [-0.4, -0.2) is 39.8 Å². The molecule has 1 saturated heterocycles. The first-order valence-corrected chi connectivity index (χ1v) is 10.4. The van der Waals surface area contributed by atoms with Crippen LogP contribution in [0.4, 0.5) is 0 Å². The van der Waals surface area contributed by atoms with Gasteiger partial charge in [-0.1, -0.05) is 35.9 Å². The zero-order valence-corrected chi connectivity index (χ0v) is 16.2. The van der Waals surface area contributed by atoms with E-state index in [-0.39, 0.29) is 0 Å². The topological polar surface area (TPSA) is 8.88 Å². The molecule has 2 N–H and O–H groups in total. The van der Waals surface area contributed by atoms with Crippen molar-refractivity contribution in [1.82, 2.24) is 0 Å². The zero-order valence-electron chi connectivity index (χ0n) is 14.6. The third kappa shape index (κ3) is 3.80. The lowest BCUT2D eigenvalue weighted by Crippen LogP contribution is -3.26. The van der Waals surface area contributed by atoms with Gasteiger partial charge >= 0.3 is 0 Å². The second kappa shape index (κ2) is 7.55. The molecule has 4 rings (SSSR count). The van der Waals surface area contributed by atoms with Crippen molar-refractivity contribution in [2.24, 2.45) is 0 Å². The van der Waals surface area contributed by atoms with E-state index >= 15 is 0 Å². The Morgan fingerprint density at radius 3 is 2.68 bits per heavy atom. The van der Waals surface area contributed by atoms with Crippen molar-refractivity contribution in [1.29, 1.82) is 0 Å². The van der Waals surface area contributed by atoms with E-state index in [1.54, 1.807) is 9.80 Å². The Kier molecular flexibility index (Phi) is 5.18. The molecular weight excluding hydrogens is 348 g/mol. The lowest BCUT2D eigenvalue weighted by atomic mass is 9.94. The van der Waals surface area contributed by atoms with Crippen LogP contribution in [0.3, 0.4) is 0 Å². The molecule has 4 heteroatoms. The molecule has 0 radical (unpaired) electrons. The standard InChI is InChI=1S/C21H23ClN2S/c1-23-10-12-24(13-11-23)9-8-19-18-5-3-2-4-16(18)15-25-21-7-6-17(22)14-20(19)21/h2-8,14H,9-13,15H2,1H3/p+2/b19-8-. The minimum absolute atomic E-state index is 0.820. The van der Waals surface area contributed by atoms with Gasteiger partial charge in [0.15, 0.2) is 0 Å². The van der Waals surface area contributed by atoms with Crippen molar-refractivity contribution in [2.45, 2.75) is 10.6 Å². The van der Waals surface area contributed by atoms with Crippen molar-refractivity contribution < 1.29 is 9.80 Å². The van der Waals surface area contributed by atoms with E-state index in [9.17, 15) is 0 Å². The number of rotatable bonds is 2. The second-order valence-electron chi connectivity index (χ2n) is 7.12. The fourth-order valence-electron chi connectivity index (χ4n) is 3.75. The average molecular weight is 373 g/mol. The molecule has 2 aliphatic rings. The summed E-state index contributed by atoms with van der Waals surface area (Å²) in [4.78, 5) is 4.69. The van der Waals surface area contributed by atoms with Crippen LogP contribution in [0.15, 0.2) is 53.4 Å². The molecular formula is C21H25ClN2S+2. The van der Waals surface area contributed by atoms with Gasteiger partial charge in [-0.25, -0.2) is 0 Å². The number of quaternary nitrogens is 2. The molecule has 0 spiro atoms. The number of likely N-dealkylation sites (N-methyl/N-ethyl adjacent to an activating group) is 1. The first-order valence-electron chi connectivity index (χ1n) is 9.07. The summed E-state index contributed by atoms with van der Waals surface area (Å²) in [5, 5.41) is 0.820. The Balaban J connectivity index is 1.71. The molecule has 0 saturated carbocycles. The zero-order chi connectivity index (χ0) is 17.2. The summed E-state index contributed by atoms with van der Waals surface area (Å²) in [7, 11) is 2.30. The van der Waals surface area contributed by atoms with Gasteiger partial charge in [0.2, 0.25) is 0 Å². The summed E-state index contributed by atoms with van der Waals surface area (Å²) in [6.45, 7) is 6.15. The van der Waals surface area contributed by atoms with Crippen molar-refractivity contribution >= 4 is 28.9 Å². The fourth-order valence-corrected chi connectivity index (χ4v) is 4.97. The van der Waals surface area contributed by atoms with Gasteiger partial charge in [-0.3, -0.25) is 0 Å². The maximum Gasteiger partial charge on any atom is 0.127 e. The van der Waals surface area contributed by atoms with E-state index in [4.69, 9.17) is 11.6 Å². The predicted molar refractivity (Wildman–Crippen MR) is 107 cm³/mol. The van der Waals surface area contributed by atoms with Crippen LogP contribution in [0.5, 0.6) is 0 Å². The Hall–Kier alpha value is -1.26. The summed E-state index contributed by atoms with van der Waals surface area (Å²) in [6, 6.07) is 15.1. The third-order valence-corrected chi connectivity index (χ3v) is 6.69. The number of benzene rings is 2. The minimum atomic E-state index is 0.820. The maximum atomic E-state index is 6.34. The molecule has 0 bridgehead atoms. The summed E-state index contributed by atoms with van der Waals surface area (Å²) in [5.74, 6) is 1.02. The van der Waals surface area contributed by atoms with Crippen molar-refractivity contribution in [3.63, 3.8) is 0 Å². The highest BCUT2D eigenvalue weighted by Crippen LogP contribution is 2.40. The lowest BCUT2D eigenvalue weighted by molar-refractivity contribution is -1.00. The number of hydrogen-bond acceptors (Lipinski definition) is 1. The molecule has 0 amide bonds. The van der Waals surface area contributed by atoms with Crippen LogP contribution in [0.25, 0.3) is 5.57 Å². The molecule has 2 nitrogen and oxygen atoms in total. The highest BCUT2D eigenvalue weighted by Gasteiger charge is 2.22. The van der Waals surface area contributed by atoms with Crippen molar-refractivity contribution in [2.75, 3.05) is 39.8 Å². The van der Waals surface area contributed by atoms with Gasteiger partial charge < -0.3 is 9.80 Å². The molecule has 2 aromatic carbocycles. The Bertz CT molecular complexity index is 794. The quantitative estimate of drug-likeness (QED) is 0.817. The van der Waals surface area contributed by atoms with E-state index in [0.29, 0.717) is 0 Å². The van der Waals surface area contributed by atoms with Gasteiger partial charge in [-0.2, -0.15) is 0 Å². The normalized spacial score (nSPS) is 24.5. The molecule has 0 atom stereocenters. The van der Waals surface area contributed by atoms with Gasteiger partial charge in [0.1, 0.15) is 26.2 Å². The second-order valence-corrected chi connectivity index (χ2v) is 8.57. The van der Waals surface area contributed by atoms with Crippen LogP contribution in [0.2, 0.25) is 5.02 Å². The van der Waals surface area contributed by atoms with Crippen molar-refractivity contribution in [3.05, 3.63) is 70.3 Å². The van der Waals surface area contributed by atoms with Crippen LogP contribution in [0.1, 0.15) is 16.7 Å². The number of fused-ring (bicyclic) bond motifs is 2. The van der Waals surface area contributed by atoms with Crippen LogP contribution in [0, 0.1) is 0 Å². The molecule has 1 fully saturated rings. The van der Waals surface area contributed by atoms with E-state index in [1.165, 1.54) is 53.3 Å². The Labute approximate surface area is 159 Å². The first kappa shape index (κ1) is 17.2. The number of halogens is 1. The fraction of sp³-hybridized carbons (Fsp3) is 0.333. The molecule has 25 heavy (non-hydrogen) atoms. The van der Waals surface area contributed by atoms with Gasteiger partial charge in [0, 0.05) is 15.7 Å². The smallest absolute Gasteiger partial charge is 0.127 e. The van der Waals surface area contributed by atoms with E-state index in [2.05, 4.69) is 49.5 Å². The number of piperazine rings is 1. The predicted octanol–water partition coefficient (Wildman–Crippen LogP) is 1.79. The van der Waals surface area contributed by atoms with E-state index < -0.39 is 0 Å². The van der Waals surface area contributed by atoms with E-state index in [1.807, 2.05) is 17.8 Å². The van der Waals surface area contributed by atoms with Gasteiger partial charge in [0.25, 0.3) is 0 Å². The summed E-state index contributed by atoms with van der Waals surface area (Å²) in [6.07, 6.45) is 2.45. The first-order chi connectivity index (χ1) is 12.2. The Morgan fingerprint density at radius 2 is 1.84 bits per heavy atom. The SMILES string of the molecule is C[NH+]1CC[NH+](C/C=C2/c3ccccc3CSc3ccc(Cl)cc32)CC1. The third-order valence-electron chi connectivity index (χ3n) is 5.33. The maximum absolute atomic E-state index is 6.34. The highest BCUT2D eigenvalue weighted by molar-refractivity contribution is 7.98. The molecule has 130 valence electrons. The Morgan fingerprint density at radius 1 is 1.04 bits per heavy atom. The van der Waals surface area contributed by atoms with Crippen LogP contribution >= 0.6 is 23.4 Å². The largest absolute Gasteiger partial charge is 0.328 e. The number of thioether (sulfide) groups is 1. The molecule has 2 aromatic rings.